The number of ether oxygens (including phenoxy) is 1. The summed E-state index contributed by atoms with van der Waals surface area (Å²) in [6.07, 6.45) is 3.36. The van der Waals surface area contributed by atoms with Gasteiger partial charge in [0.15, 0.2) is 0 Å². The molecule has 0 aromatic carbocycles. The van der Waals surface area contributed by atoms with Crippen molar-refractivity contribution in [2.24, 2.45) is 5.92 Å². The first-order chi connectivity index (χ1) is 7.34. The molecule has 0 spiro atoms. The van der Waals surface area contributed by atoms with E-state index >= 15 is 0 Å². The molecule has 2 atom stereocenters. The number of pyridine rings is 1. The molecule has 2 unspecified atom stereocenters. The predicted molar refractivity (Wildman–Crippen MR) is 54.6 cm³/mol. The summed E-state index contributed by atoms with van der Waals surface area (Å²) in [6.45, 7) is 1.07. The van der Waals surface area contributed by atoms with Crippen LogP contribution in [0.5, 0.6) is 0 Å². The maximum atomic E-state index is 11.8. The van der Waals surface area contributed by atoms with Gasteiger partial charge in [0, 0.05) is 6.20 Å². The Morgan fingerprint density at radius 1 is 1.40 bits per heavy atom. The third kappa shape index (κ3) is 1.35. The third-order valence-electron chi connectivity index (χ3n) is 2.84. The summed E-state index contributed by atoms with van der Waals surface area (Å²) in [7, 11) is 0. The summed E-state index contributed by atoms with van der Waals surface area (Å²) in [4.78, 5) is 15.8. The molecule has 5 nitrogen and oxygen atoms in total. The van der Waals surface area contributed by atoms with Crippen LogP contribution in [0.2, 0.25) is 0 Å². The average molecular weight is 205 g/mol. The van der Waals surface area contributed by atoms with Gasteiger partial charge in [0.2, 0.25) is 5.91 Å². The van der Waals surface area contributed by atoms with Crippen molar-refractivity contribution in [2.75, 3.05) is 23.8 Å². The molecule has 78 valence electrons. The molecule has 15 heavy (non-hydrogen) atoms. The number of carbonyl (C=O) groups is 1. The molecule has 1 aromatic heterocycles. The Labute approximate surface area is 86.8 Å². The van der Waals surface area contributed by atoms with Crippen molar-refractivity contribution in [1.29, 1.82) is 0 Å². The number of hydrogen-bond acceptors (Lipinski definition) is 4. The summed E-state index contributed by atoms with van der Waals surface area (Å²) in [6, 6.07) is 1.93. The molecule has 1 fully saturated rings. The largest absolute Gasteiger partial charge is 0.378 e. The molecule has 3 rings (SSSR count). The molecule has 0 aliphatic carbocycles. The van der Waals surface area contributed by atoms with Gasteiger partial charge in [0.1, 0.15) is 0 Å². The number of fused-ring (bicyclic) bond motifs is 2. The van der Waals surface area contributed by atoms with E-state index < -0.39 is 0 Å². The van der Waals surface area contributed by atoms with Gasteiger partial charge in [-0.25, -0.2) is 0 Å². The van der Waals surface area contributed by atoms with Crippen molar-refractivity contribution >= 4 is 17.3 Å². The summed E-state index contributed by atoms with van der Waals surface area (Å²) >= 11 is 0. The van der Waals surface area contributed by atoms with Gasteiger partial charge in [0.25, 0.3) is 0 Å². The van der Waals surface area contributed by atoms with Crippen LogP contribution in [0.1, 0.15) is 0 Å². The second-order valence-electron chi connectivity index (χ2n) is 3.81. The lowest BCUT2D eigenvalue weighted by molar-refractivity contribution is -0.119. The van der Waals surface area contributed by atoms with Crippen LogP contribution in [0.3, 0.4) is 0 Å². The topological polar surface area (TPSA) is 63.2 Å². The maximum Gasteiger partial charge on any atom is 0.232 e. The second-order valence-corrected chi connectivity index (χ2v) is 3.81. The lowest BCUT2D eigenvalue weighted by Crippen LogP contribution is -2.33. The standard InChI is InChI=1S/C10H11N3O2/c14-10-6-4-15-5-9(6)12-7-1-2-11-3-8(7)13-10/h1-3,6,9,12H,4-5H2,(H,13,14). The zero-order chi connectivity index (χ0) is 10.3. The number of rotatable bonds is 0. The Bertz CT molecular complexity index is 407. The molecule has 0 bridgehead atoms. The van der Waals surface area contributed by atoms with Crippen molar-refractivity contribution in [3.63, 3.8) is 0 Å². The van der Waals surface area contributed by atoms with E-state index in [1.807, 2.05) is 6.07 Å². The highest BCUT2D eigenvalue weighted by Crippen LogP contribution is 2.29. The van der Waals surface area contributed by atoms with Gasteiger partial charge in [-0.2, -0.15) is 0 Å². The number of hydrogen-bond donors (Lipinski definition) is 2. The van der Waals surface area contributed by atoms with E-state index in [1.165, 1.54) is 0 Å². The lowest BCUT2D eigenvalue weighted by atomic mass is 10.0. The van der Waals surface area contributed by atoms with Crippen LogP contribution in [0.4, 0.5) is 11.4 Å². The van der Waals surface area contributed by atoms with Gasteiger partial charge in [-0.05, 0) is 6.07 Å². The Hall–Kier alpha value is -1.62. The summed E-state index contributed by atoms with van der Waals surface area (Å²) in [5.41, 5.74) is 1.66. The predicted octanol–water partition coefficient (Wildman–Crippen LogP) is 0.461. The number of carbonyl (C=O) groups excluding carboxylic acids is 1. The van der Waals surface area contributed by atoms with Crippen molar-refractivity contribution in [2.45, 2.75) is 6.04 Å². The molecular formula is C10H11N3O2. The molecule has 2 aliphatic rings. The van der Waals surface area contributed by atoms with Crippen LogP contribution >= 0.6 is 0 Å². The van der Waals surface area contributed by atoms with Crippen LogP contribution in [-0.4, -0.2) is 30.1 Å². The second kappa shape index (κ2) is 3.20. The minimum Gasteiger partial charge on any atom is -0.378 e. The minimum atomic E-state index is -0.0996. The number of nitrogens with one attached hydrogen (secondary N) is 2. The number of anilines is 2. The zero-order valence-corrected chi connectivity index (χ0v) is 8.06. The molecule has 2 N–H and O–H groups in total. The molecular weight excluding hydrogens is 194 g/mol. The summed E-state index contributed by atoms with van der Waals surface area (Å²) < 4.78 is 5.29. The van der Waals surface area contributed by atoms with Crippen molar-refractivity contribution < 1.29 is 9.53 Å². The van der Waals surface area contributed by atoms with Crippen molar-refractivity contribution in [3.8, 4) is 0 Å². The molecule has 1 saturated heterocycles. The van der Waals surface area contributed by atoms with Gasteiger partial charge >= 0.3 is 0 Å². The Morgan fingerprint density at radius 3 is 3.27 bits per heavy atom. The van der Waals surface area contributed by atoms with E-state index in [-0.39, 0.29) is 17.9 Å². The monoisotopic (exact) mass is 205 g/mol. The first-order valence-electron chi connectivity index (χ1n) is 4.94. The SMILES string of the molecule is O=C1Nc2cnccc2NC2COCC12. The highest BCUT2D eigenvalue weighted by molar-refractivity contribution is 5.98. The first-order valence-corrected chi connectivity index (χ1v) is 4.94. The normalized spacial score (nSPS) is 28.4. The fourth-order valence-electron chi connectivity index (χ4n) is 2.00. The van der Waals surface area contributed by atoms with Crippen LogP contribution in [0.15, 0.2) is 18.5 Å². The van der Waals surface area contributed by atoms with Crippen molar-refractivity contribution in [3.05, 3.63) is 18.5 Å². The van der Waals surface area contributed by atoms with Gasteiger partial charge < -0.3 is 15.4 Å². The molecule has 0 radical (unpaired) electrons. The Balaban J connectivity index is 2.00. The van der Waals surface area contributed by atoms with Crippen LogP contribution in [0, 0.1) is 5.92 Å². The summed E-state index contributed by atoms with van der Waals surface area (Å²) in [5, 5.41) is 6.15. The van der Waals surface area contributed by atoms with E-state index in [2.05, 4.69) is 15.6 Å². The van der Waals surface area contributed by atoms with E-state index in [0.717, 1.165) is 11.4 Å². The fourth-order valence-corrected chi connectivity index (χ4v) is 2.00. The van der Waals surface area contributed by atoms with E-state index in [0.29, 0.717) is 13.2 Å². The lowest BCUT2D eigenvalue weighted by Gasteiger charge is -2.13. The van der Waals surface area contributed by atoms with E-state index in [1.54, 1.807) is 12.4 Å². The van der Waals surface area contributed by atoms with E-state index in [9.17, 15) is 4.79 Å². The highest BCUT2D eigenvalue weighted by atomic mass is 16.5. The van der Waals surface area contributed by atoms with Crippen LogP contribution in [-0.2, 0) is 9.53 Å². The Kier molecular flexibility index (Phi) is 1.85. The van der Waals surface area contributed by atoms with Gasteiger partial charge in [0.05, 0.1) is 42.7 Å². The zero-order valence-electron chi connectivity index (χ0n) is 8.06. The average Bonchev–Trinajstić information content (AvgIpc) is 2.64. The summed E-state index contributed by atoms with van der Waals surface area (Å²) in [5.74, 6) is -0.0887. The Morgan fingerprint density at radius 2 is 2.33 bits per heavy atom. The molecule has 1 aromatic rings. The fraction of sp³-hybridized carbons (Fsp3) is 0.400. The third-order valence-corrected chi connectivity index (χ3v) is 2.84. The van der Waals surface area contributed by atoms with E-state index in [4.69, 9.17) is 4.74 Å². The molecule has 5 heteroatoms. The van der Waals surface area contributed by atoms with Gasteiger partial charge in [-0.15, -0.1) is 0 Å². The quantitative estimate of drug-likeness (QED) is 0.646. The van der Waals surface area contributed by atoms with Gasteiger partial charge in [-0.3, -0.25) is 9.78 Å². The first kappa shape index (κ1) is 8.67. The molecule has 1 amide bonds. The molecule has 2 aliphatic heterocycles. The minimum absolute atomic E-state index is 0.0109. The number of nitrogens with zero attached hydrogens (tertiary/aromatic N) is 1. The van der Waals surface area contributed by atoms with Crippen LogP contribution < -0.4 is 10.6 Å². The smallest absolute Gasteiger partial charge is 0.232 e. The van der Waals surface area contributed by atoms with Crippen LogP contribution in [0.25, 0.3) is 0 Å². The molecule has 0 saturated carbocycles. The maximum absolute atomic E-state index is 11.8. The molecule has 3 heterocycles. The number of aromatic nitrogens is 1. The van der Waals surface area contributed by atoms with Gasteiger partial charge in [-0.1, -0.05) is 0 Å². The highest BCUT2D eigenvalue weighted by Gasteiger charge is 2.36. The number of amides is 1. The van der Waals surface area contributed by atoms with Crippen molar-refractivity contribution in [1.82, 2.24) is 4.98 Å².